The van der Waals surface area contributed by atoms with Crippen molar-refractivity contribution in [3.8, 4) is 0 Å². The minimum Gasteiger partial charge on any atom is -0.378 e. The monoisotopic (exact) mass is 350 g/mol. The molecule has 2 aliphatic rings. The van der Waals surface area contributed by atoms with Gasteiger partial charge in [-0.1, -0.05) is 24.3 Å². The number of amides is 3. The molecule has 0 saturated carbocycles. The molecular formula is C20H18N2O4. The molecule has 0 bridgehead atoms. The topological polar surface area (TPSA) is 66.9 Å². The summed E-state index contributed by atoms with van der Waals surface area (Å²) in [5.74, 6) is -0.585. The molecule has 26 heavy (non-hydrogen) atoms. The van der Waals surface area contributed by atoms with E-state index >= 15 is 0 Å². The van der Waals surface area contributed by atoms with Gasteiger partial charge >= 0.3 is 0 Å². The second-order valence-electron chi connectivity index (χ2n) is 6.34. The lowest BCUT2D eigenvalue weighted by Crippen LogP contribution is -2.40. The molecule has 4 rings (SSSR count). The molecule has 132 valence electrons. The van der Waals surface area contributed by atoms with E-state index in [9.17, 15) is 14.4 Å². The van der Waals surface area contributed by atoms with Crippen LogP contribution in [0, 0.1) is 0 Å². The van der Waals surface area contributed by atoms with E-state index in [2.05, 4.69) is 0 Å². The zero-order valence-corrected chi connectivity index (χ0v) is 14.2. The van der Waals surface area contributed by atoms with Gasteiger partial charge in [0, 0.05) is 18.7 Å². The highest BCUT2D eigenvalue weighted by molar-refractivity contribution is 6.21. The van der Waals surface area contributed by atoms with Crippen LogP contribution < -0.4 is 0 Å². The van der Waals surface area contributed by atoms with Crippen LogP contribution in [0.1, 0.15) is 36.6 Å². The van der Waals surface area contributed by atoms with Crippen LogP contribution in [0.2, 0.25) is 0 Å². The van der Waals surface area contributed by atoms with E-state index in [1.54, 1.807) is 53.4 Å². The van der Waals surface area contributed by atoms with Crippen molar-refractivity contribution in [3.63, 3.8) is 0 Å². The van der Waals surface area contributed by atoms with Crippen molar-refractivity contribution < 1.29 is 19.1 Å². The third-order valence-corrected chi connectivity index (χ3v) is 4.72. The second-order valence-corrected chi connectivity index (χ2v) is 6.34. The number of ether oxygens (including phenoxy) is 1. The second kappa shape index (κ2) is 6.72. The molecule has 2 aliphatic heterocycles. The summed E-state index contributed by atoms with van der Waals surface area (Å²) in [4.78, 5) is 40.3. The molecule has 2 aromatic rings. The Hall–Kier alpha value is -2.99. The Bertz CT molecular complexity index is 835. The summed E-state index contributed by atoms with van der Waals surface area (Å²) in [6, 6.07) is 13.9. The van der Waals surface area contributed by atoms with Gasteiger partial charge in [-0.05, 0) is 29.8 Å². The van der Waals surface area contributed by atoms with Crippen LogP contribution in [-0.2, 0) is 11.3 Å². The molecule has 0 radical (unpaired) electrons. The van der Waals surface area contributed by atoms with Crippen molar-refractivity contribution >= 4 is 17.7 Å². The Morgan fingerprint density at radius 1 is 0.885 bits per heavy atom. The maximum absolute atomic E-state index is 12.5. The molecule has 0 unspecified atom stereocenters. The van der Waals surface area contributed by atoms with Gasteiger partial charge in [0.1, 0.15) is 0 Å². The van der Waals surface area contributed by atoms with Crippen molar-refractivity contribution in [2.75, 3.05) is 26.3 Å². The number of nitrogens with zero attached hydrogens (tertiary/aromatic N) is 2. The van der Waals surface area contributed by atoms with Crippen LogP contribution in [0.3, 0.4) is 0 Å². The van der Waals surface area contributed by atoms with E-state index in [1.165, 1.54) is 4.90 Å². The van der Waals surface area contributed by atoms with Gasteiger partial charge in [0.05, 0.1) is 30.9 Å². The largest absolute Gasteiger partial charge is 0.378 e. The van der Waals surface area contributed by atoms with Gasteiger partial charge in [0.15, 0.2) is 0 Å². The number of imide groups is 1. The summed E-state index contributed by atoms with van der Waals surface area (Å²) in [5, 5.41) is 0. The van der Waals surface area contributed by atoms with Crippen LogP contribution in [-0.4, -0.2) is 53.8 Å². The lowest BCUT2D eigenvalue weighted by Gasteiger charge is -2.27. The smallest absolute Gasteiger partial charge is 0.261 e. The molecule has 0 aliphatic carbocycles. The fraction of sp³-hybridized carbons (Fsp3) is 0.250. The molecule has 1 saturated heterocycles. The Morgan fingerprint density at radius 3 is 2.04 bits per heavy atom. The first-order chi connectivity index (χ1) is 12.6. The lowest BCUT2D eigenvalue weighted by molar-refractivity contribution is 0.0303. The number of carbonyl (C=O) groups is 3. The maximum atomic E-state index is 12.5. The van der Waals surface area contributed by atoms with Gasteiger partial charge in [0.25, 0.3) is 17.7 Å². The Kier molecular flexibility index (Phi) is 4.26. The van der Waals surface area contributed by atoms with Crippen molar-refractivity contribution in [2.24, 2.45) is 0 Å². The summed E-state index contributed by atoms with van der Waals surface area (Å²) in [6.45, 7) is 2.50. The minimum absolute atomic E-state index is 0.0272. The summed E-state index contributed by atoms with van der Waals surface area (Å²) < 4.78 is 5.26. The maximum Gasteiger partial charge on any atom is 0.261 e. The molecule has 0 N–H and O–H groups in total. The van der Waals surface area contributed by atoms with Crippen LogP contribution in [0.15, 0.2) is 48.5 Å². The van der Waals surface area contributed by atoms with Crippen molar-refractivity contribution in [1.82, 2.24) is 9.80 Å². The van der Waals surface area contributed by atoms with E-state index in [0.29, 0.717) is 43.0 Å². The third-order valence-electron chi connectivity index (χ3n) is 4.72. The van der Waals surface area contributed by atoms with Gasteiger partial charge in [-0.25, -0.2) is 0 Å². The number of carbonyl (C=O) groups excluding carboxylic acids is 3. The predicted molar refractivity (Wildman–Crippen MR) is 93.8 cm³/mol. The summed E-state index contributed by atoms with van der Waals surface area (Å²) in [6.07, 6.45) is 0. The van der Waals surface area contributed by atoms with E-state index in [0.717, 1.165) is 5.56 Å². The Balaban J connectivity index is 1.47. The molecule has 1 fully saturated rings. The summed E-state index contributed by atoms with van der Waals surface area (Å²) >= 11 is 0. The number of fused-ring (bicyclic) bond motifs is 1. The van der Waals surface area contributed by atoms with Crippen molar-refractivity contribution in [3.05, 3.63) is 70.8 Å². The van der Waals surface area contributed by atoms with Gasteiger partial charge in [-0.3, -0.25) is 19.3 Å². The zero-order chi connectivity index (χ0) is 18.1. The van der Waals surface area contributed by atoms with E-state index in [-0.39, 0.29) is 24.3 Å². The van der Waals surface area contributed by atoms with E-state index < -0.39 is 0 Å². The van der Waals surface area contributed by atoms with E-state index in [4.69, 9.17) is 4.74 Å². The van der Waals surface area contributed by atoms with Crippen molar-refractivity contribution in [2.45, 2.75) is 6.54 Å². The fourth-order valence-electron chi connectivity index (χ4n) is 3.27. The first-order valence-electron chi connectivity index (χ1n) is 8.56. The highest BCUT2D eigenvalue weighted by Crippen LogP contribution is 2.24. The fourth-order valence-corrected chi connectivity index (χ4v) is 3.27. The van der Waals surface area contributed by atoms with Crippen LogP contribution >= 0.6 is 0 Å². The summed E-state index contributed by atoms with van der Waals surface area (Å²) in [5.41, 5.74) is 2.28. The molecule has 6 heteroatoms. The molecule has 3 amide bonds. The van der Waals surface area contributed by atoms with Gasteiger partial charge < -0.3 is 9.64 Å². The molecule has 0 atom stereocenters. The highest BCUT2D eigenvalue weighted by atomic mass is 16.5. The molecule has 2 aromatic carbocycles. The Morgan fingerprint density at radius 2 is 1.46 bits per heavy atom. The van der Waals surface area contributed by atoms with Gasteiger partial charge in [-0.15, -0.1) is 0 Å². The number of morpholine rings is 1. The highest BCUT2D eigenvalue weighted by Gasteiger charge is 2.34. The summed E-state index contributed by atoms with van der Waals surface area (Å²) in [7, 11) is 0. The van der Waals surface area contributed by atoms with Crippen LogP contribution in [0.5, 0.6) is 0 Å². The average Bonchev–Trinajstić information content (AvgIpc) is 2.94. The number of hydrogen-bond acceptors (Lipinski definition) is 4. The molecule has 2 heterocycles. The quantitative estimate of drug-likeness (QED) is 0.794. The zero-order valence-electron chi connectivity index (χ0n) is 14.2. The predicted octanol–water partition coefficient (Wildman–Crippen LogP) is 1.96. The van der Waals surface area contributed by atoms with Gasteiger partial charge in [0.2, 0.25) is 0 Å². The lowest BCUT2D eigenvalue weighted by atomic mass is 10.1. The molecule has 0 spiro atoms. The van der Waals surface area contributed by atoms with E-state index in [1.807, 2.05) is 0 Å². The Labute approximate surface area is 151 Å². The van der Waals surface area contributed by atoms with Crippen LogP contribution in [0.25, 0.3) is 0 Å². The van der Waals surface area contributed by atoms with Crippen LogP contribution in [0.4, 0.5) is 0 Å². The normalized spacial score (nSPS) is 16.8. The standard InChI is InChI=1S/C20H18N2O4/c23-18(21-9-11-26-12-10-21)15-7-5-14(6-8-15)13-22-19(24)16-3-1-2-4-17(16)20(22)25/h1-8H,9-13H2. The van der Waals surface area contributed by atoms with Gasteiger partial charge in [-0.2, -0.15) is 0 Å². The molecule has 0 aromatic heterocycles. The van der Waals surface area contributed by atoms with Crippen molar-refractivity contribution in [1.29, 1.82) is 0 Å². The first kappa shape index (κ1) is 16.5. The SMILES string of the molecule is O=C(c1ccc(CN2C(=O)c3ccccc3C2=O)cc1)N1CCOCC1. The molecular weight excluding hydrogens is 332 g/mol. The molecule has 6 nitrogen and oxygen atoms in total. The number of benzene rings is 2. The third kappa shape index (κ3) is 2.88. The number of rotatable bonds is 3. The average molecular weight is 350 g/mol. The first-order valence-corrected chi connectivity index (χ1v) is 8.56. The number of hydrogen-bond donors (Lipinski definition) is 0. The minimum atomic E-state index is -0.279.